The predicted octanol–water partition coefficient (Wildman–Crippen LogP) is 4.46. The summed E-state index contributed by atoms with van der Waals surface area (Å²) in [5.74, 6) is -2.33. The van der Waals surface area contributed by atoms with Gasteiger partial charge in [-0.25, -0.2) is 9.18 Å². The summed E-state index contributed by atoms with van der Waals surface area (Å²) in [7, 11) is 0. The van der Waals surface area contributed by atoms with Crippen LogP contribution in [0.2, 0.25) is 0 Å². The van der Waals surface area contributed by atoms with Gasteiger partial charge in [0.2, 0.25) is 0 Å². The fourth-order valence-corrected chi connectivity index (χ4v) is 2.26. The molecule has 0 aliphatic carbocycles. The van der Waals surface area contributed by atoms with Gasteiger partial charge in [0.25, 0.3) is 0 Å². The first-order valence-corrected chi connectivity index (χ1v) is 6.81. The molecule has 5 nitrogen and oxygen atoms in total. The van der Waals surface area contributed by atoms with Crippen molar-refractivity contribution in [2.24, 2.45) is 0 Å². The Bertz CT molecular complexity index is 648. The van der Waals surface area contributed by atoms with E-state index in [1.807, 2.05) is 6.07 Å². The number of hydrogen-bond acceptors (Lipinski definition) is 3. The summed E-state index contributed by atoms with van der Waals surface area (Å²) in [6.45, 7) is 4.76. The standard InChI is InChI=1S/C15H16F4N2O3/c1-14(2,3)21(13(22)23)11(6-7-20)9-4-5-12(10(16)8-9)24-15(17,18)19/h4-5,8,11H,6H2,1-3H3,(H,22,23). The number of benzene rings is 1. The van der Waals surface area contributed by atoms with Crippen molar-refractivity contribution in [3.8, 4) is 11.8 Å². The Balaban J connectivity index is 3.29. The molecule has 24 heavy (non-hydrogen) atoms. The first-order chi connectivity index (χ1) is 10.9. The van der Waals surface area contributed by atoms with Crippen LogP contribution in [-0.4, -0.2) is 28.0 Å². The van der Waals surface area contributed by atoms with E-state index in [1.165, 1.54) is 0 Å². The van der Waals surface area contributed by atoms with E-state index in [4.69, 9.17) is 5.26 Å². The van der Waals surface area contributed by atoms with Gasteiger partial charge < -0.3 is 9.84 Å². The van der Waals surface area contributed by atoms with E-state index < -0.39 is 35.6 Å². The Morgan fingerprint density at radius 1 is 1.38 bits per heavy atom. The molecule has 0 aliphatic heterocycles. The van der Waals surface area contributed by atoms with E-state index in [9.17, 15) is 27.5 Å². The van der Waals surface area contributed by atoms with Gasteiger partial charge in [0.1, 0.15) is 0 Å². The number of alkyl halides is 3. The zero-order valence-electron chi connectivity index (χ0n) is 13.2. The second-order valence-electron chi connectivity index (χ2n) is 5.94. The van der Waals surface area contributed by atoms with Crippen LogP contribution in [0.5, 0.6) is 5.75 Å². The van der Waals surface area contributed by atoms with Crippen molar-refractivity contribution in [3.05, 3.63) is 29.6 Å². The highest BCUT2D eigenvalue weighted by Crippen LogP contribution is 2.34. The SMILES string of the molecule is CC(C)(C)N(C(=O)O)C(CC#N)c1ccc(OC(F)(F)F)c(F)c1. The summed E-state index contributed by atoms with van der Waals surface area (Å²) in [5, 5.41) is 18.3. The van der Waals surface area contributed by atoms with Gasteiger partial charge in [-0.05, 0) is 38.5 Å². The van der Waals surface area contributed by atoms with E-state index >= 15 is 0 Å². The van der Waals surface area contributed by atoms with Gasteiger partial charge in [0, 0.05) is 5.54 Å². The number of carbonyl (C=O) groups is 1. The summed E-state index contributed by atoms with van der Waals surface area (Å²) in [4.78, 5) is 12.5. The van der Waals surface area contributed by atoms with Crippen molar-refractivity contribution in [1.82, 2.24) is 4.90 Å². The van der Waals surface area contributed by atoms with Crippen LogP contribution in [0.15, 0.2) is 18.2 Å². The lowest BCUT2D eigenvalue weighted by atomic mass is 9.96. The van der Waals surface area contributed by atoms with Crippen LogP contribution in [0, 0.1) is 17.1 Å². The molecule has 1 aromatic rings. The molecule has 0 bridgehead atoms. The topological polar surface area (TPSA) is 73.6 Å². The first-order valence-electron chi connectivity index (χ1n) is 6.81. The van der Waals surface area contributed by atoms with Crippen molar-refractivity contribution >= 4 is 6.09 Å². The molecule has 0 radical (unpaired) electrons. The Labute approximate surface area is 136 Å². The second kappa shape index (κ2) is 6.95. The quantitative estimate of drug-likeness (QED) is 0.816. The molecule has 0 heterocycles. The number of hydrogen-bond donors (Lipinski definition) is 1. The number of halogens is 4. The van der Waals surface area contributed by atoms with Gasteiger partial charge in [0.15, 0.2) is 11.6 Å². The lowest BCUT2D eigenvalue weighted by molar-refractivity contribution is -0.275. The van der Waals surface area contributed by atoms with E-state index in [1.54, 1.807) is 20.8 Å². The summed E-state index contributed by atoms with van der Waals surface area (Å²) in [5.41, 5.74) is -0.855. The summed E-state index contributed by atoms with van der Waals surface area (Å²) in [6, 6.07) is 3.37. The van der Waals surface area contributed by atoms with Crippen LogP contribution < -0.4 is 4.74 Å². The van der Waals surface area contributed by atoms with E-state index in [-0.39, 0.29) is 12.0 Å². The Hall–Kier alpha value is -2.50. The van der Waals surface area contributed by atoms with Crippen molar-refractivity contribution in [2.45, 2.75) is 45.1 Å². The van der Waals surface area contributed by atoms with Crippen LogP contribution in [-0.2, 0) is 0 Å². The maximum absolute atomic E-state index is 13.9. The molecule has 1 rings (SSSR count). The highest BCUT2D eigenvalue weighted by atomic mass is 19.4. The number of nitriles is 1. The number of rotatable bonds is 4. The molecular formula is C15H16F4N2O3. The molecule has 0 saturated heterocycles. The van der Waals surface area contributed by atoms with E-state index in [2.05, 4.69) is 4.74 Å². The molecule has 9 heteroatoms. The number of nitrogens with zero attached hydrogens (tertiary/aromatic N) is 2. The van der Waals surface area contributed by atoms with Crippen LogP contribution in [0.1, 0.15) is 38.8 Å². The van der Waals surface area contributed by atoms with Crippen molar-refractivity contribution in [2.75, 3.05) is 0 Å². The summed E-state index contributed by atoms with van der Waals surface area (Å²) in [6.07, 6.45) is -6.67. The number of amides is 1. The number of ether oxygens (including phenoxy) is 1. The minimum Gasteiger partial charge on any atom is -0.465 e. The molecule has 0 fully saturated rings. The third kappa shape index (κ3) is 5.01. The molecule has 0 aromatic heterocycles. The third-order valence-corrected chi connectivity index (χ3v) is 3.09. The second-order valence-corrected chi connectivity index (χ2v) is 5.94. The van der Waals surface area contributed by atoms with Gasteiger partial charge >= 0.3 is 12.5 Å². The molecule has 0 aliphatic rings. The average molecular weight is 348 g/mol. The largest absolute Gasteiger partial charge is 0.573 e. The lowest BCUT2D eigenvalue weighted by Gasteiger charge is -2.39. The normalized spacial score (nSPS) is 13.1. The zero-order valence-corrected chi connectivity index (χ0v) is 13.2. The lowest BCUT2D eigenvalue weighted by Crippen LogP contribution is -2.47. The zero-order chi connectivity index (χ0) is 18.7. The highest BCUT2D eigenvalue weighted by molar-refractivity contribution is 5.67. The van der Waals surface area contributed by atoms with Gasteiger partial charge in [0.05, 0.1) is 18.5 Å². The van der Waals surface area contributed by atoms with Crippen molar-refractivity contribution in [1.29, 1.82) is 5.26 Å². The third-order valence-electron chi connectivity index (χ3n) is 3.09. The van der Waals surface area contributed by atoms with E-state index in [0.29, 0.717) is 0 Å². The predicted molar refractivity (Wildman–Crippen MR) is 75.7 cm³/mol. The Kier molecular flexibility index (Phi) is 5.66. The molecule has 1 atom stereocenters. The van der Waals surface area contributed by atoms with Crippen molar-refractivity contribution in [3.63, 3.8) is 0 Å². The molecule has 1 unspecified atom stereocenters. The van der Waals surface area contributed by atoms with Crippen LogP contribution in [0.4, 0.5) is 22.4 Å². The van der Waals surface area contributed by atoms with Gasteiger partial charge in [-0.3, -0.25) is 4.90 Å². The summed E-state index contributed by atoms with van der Waals surface area (Å²) < 4.78 is 53.9. The fourth-order valence-electron chi connectivity index (χ4n) is 2.26. The van der Waals surface area contributed by atoms with Crippen LogP contribution in [0.3, 0.4) is 0 Å². The molecule has 1 amide bonds. The molecule has 1 aromatic carbocycles. The average Bonchev–Trinajstić information content (AvgIpc) is 2.37. The smallest absolute Gasteiger partial charge is 0.465 e. The van der Waals surface area contributed by atoms with E-state index in [0.717, 1.165) is 23.1 Å². The maximum atomic E-state index is 13.9. The minimum atomic E-state index is -5.05. The molecule has 1 N–H and O–H groups in total. The first kappa shape index (κ1) is 19.5. The Morgan fingerprint density at radius 2 is 1.96 bits per heavy atom. The highest BCUT2D eigenvalue weighted by Gasteiger charge is 2.36. The molecular weight excluding hydrogens is 332 g/mol. The van der Waals surface area contributed by atoms with Gasteiger partial charge in [-0.1, -0.05) is 6.07 Å². The monoisotopic (exact) mass is 348 g/mol. The molecule has 132 valence electrons. The fraction of sp³-hybridized carbons (Fsp3) is 0.467. The van der Waals surface area contributed by atoms with Crippen LogP contribution >= 0.6 is 0 Å². The Morgan fingerprint density at radius 3 is 2.33 bits per heavy atom. The molecule has 0 spiro atoms. The minimum absolute atomic E-state index is 0.0564. The molecule has 0 saturated carbocycles. The maximum Gasteiger partial charge on any atom is 0.573 e. The van der Waals surface area contributed by atoms with Gasteiger partial charge in [-0.15, -0.1) is 13.2 Å². The number of carboxylic acid groups (broad SMARTS) is 1. The van der Waals surface area contributed by atoms with Crippen molar-refractivity contribution < 1.29 is 32.2 Å². The van der Waals surface area contributed by atoms with Gasteiger partial charge in [-0.2, -0.15) is 5.26 Å². The van der Waals surface area contributed by atoms with Crippen LogP contribution in [0.25, 0.3) is 0 Å². The summed E-state index contributed by atoms with van der Waals surface area (Å²) >= 11 is 0.